The van der Waals surface area contributed by atoms with E-state index in [-0.39, 0.29) is 22.0 Å². The van der Waals surface area contributed by atoms with E-state index in [1.54, 1.807) is 42.5 Å². The van der Waals surface area contributed by atoms with Gasteiger partial charge in [0.2, 0.25) is 10.0 Å². The molecule has 0 aliphatic carbocycles. The molecule has 0 bridgehead atoms. The van der Waals surface area contributed by atoms with Gasteiger partial charge < -0.3 is 21.3 Å². The van der Waals surface area contributed by atoms with Crippen molar-refractivity contribution in [3.8, 4) is 11.8 Å². The standard InChI is InChI=1S/C27H22N4O5S.C2HF3O2/c28-24-17-19-11-7-8-14-21(19)23(29-24)16-15-22(27(33)34)25(30-26(32)18-9-3-1-4-10-18)31-37(35,36)20-12-5-2-6-13-20;3-2(4,5)1(6)7/h1-14,17,22,25,31H,(H2,28,29)(H,30,32)(H,33,34);(H,6,7)/t22?,25-;/m0./s1. The number of nitrogens with two attached hydrogens (primary N) is 1. The van der Waals surface area contributed by atoms with E-state index in [4.69, 9.17) is 15.6 Å². The van der Waals surface area contributed by atoms with Gasteiger partial charge >= 0.3 is 18.1 Å². The number of rotatable bonds is 7. The molecule has 0 fully saturated rings. The Bertz CT molecular complexity index is 1830. The van der Waals surface area contributed by atoms with Gasteiger partial charge in [0, 0.05) is 10.9 Å². The Kier molecular flexibility index (Phi) is 10.6. The van der Waals surface area contributed by atoms with Gasteiger partial charge in [0.15, 0.2) is 5.92 Å². The predicted octanol–water partition coefficient (Wildman–Crippen LogP) is 3.24. The number of hydrogen-bond acceptors (Lipinski definition) is 7. The fourth-order valence-corrected chi connectivity index (χ4v) is 4.76. The minimum atomic E-state index is -5.08. The molecule has 3 aromatic carbocycles. The van der Waals surface area contributed by atoms with Gasteiger partial charge in [0.05, 0.1) is 4.90 Å². The number of hydrogen-bond donors (Lipinski definition) is 5. The molecule has 1 aromatic heterocycles. The first-order chi connectivity index (χ1) is 20.7. The Morgan fingerprint density at radius 1 is 0.886 bits per heavy atom. The lowest BCUT2D eigenvalue weighted by atomic mass is 10.1. The van der Waals surface area contributed by atoms with E-state index in [1.165, 1.54) is 36.4 Å². The third-order valence-electron chi connectivity index (χ3n) is 5.61. The van der Waals surface area contributed by atoms with Crippen molar-refractivity contribution in [2.24, 2.45) is 5.92 Å². The fourth-order valence-electron chi connectivity index (χ4n) is 3.58. The molecular formula is C29H23F3N4O7S. The second-order valence-corrected chi connectivity index (χ2v) is 10.5. The molecule has 0 saturated carbocycles. The van der Waals surface area contributed by atoms with Crippen LogP contribution in [0.25, 0.3) is 10.8 Å². The van der Waals surface area contributed by atoms with Gasteiger partial charge in [-0.3, -0.25) is 9.59 Å². The molecule has 0 saturated heterocycles. The molecule has 11 nitrogen and oxygen atoms in total. The predicted molar refractivity (Wildman–Crippen MR) is 152 cm³/mol. The first-order valence-electron chi connectivity index (χ1n) is 12.3. The Balaban J connectivity index is 0.000000676. The second kappa shape index (κ2) is 14.1. The summed E-state index contributed by atoms with van der Waals surface area (Å²) >= 11 is 0. The number of halogens is 3. The molecule has 0 radical (unpaired) electrons. The monoisotopic (exact) mass is 628 g/mol. The fraction of sp³-hybridized carbons (Fsp3) is 0.103. The van der Waals surface area contributed by atoms with Crippen LogP contribution in [0.1, 0.15) is 16.1 Å². The number of carboxylic acids is 2. The minimum absolute atomic E-state index is 0.102. The van der Waals surface area contributed by atoms with Crippen LogP contribution in [0.5, 0.6) is 0 Å². The summed E-state index contributed by atoms with van der Waals surface area (Å²) in [6.45, 7) is 0. The lowest BCUT2D eigenvalue weighted by Gasteiger charge is -2.23. The molecular weight excluding hydrogens is 605 g/mol. The highest BCUT2D eigenvalue weighted by atomic mass is 32.2. The molecule has 0 spiro atoms. The number of aromatic nitrogens is 1. The Morgan fingerprint density at radius 2 is 1.43 bits per heavy atom. The van der Waals surface area contributed by atoms with Crippen molar-refractivity contribution < 1.29 is 46.2 Å². The van der Waals surface area contributed by atoms with Gasteiger partial charge in [-0.05, 0) is 41.6 Å². The smallest absolute Gasteiger partial charge is 0.480 e. The van der Waals surface area contributed by atoms with Crippen molar-refractivity contribution in [1.29, 1.82) is 0 Å². The molecule has 1 heterocycles. The normalized spacial score (nSPS) is 12.4. The molecule has 1 amide bonds. The molecule has 228 valence electrons. The second-order valence-electron chi connectivity index (χ2n) is 8.76. The Labute approximate surface area is 248 Å². The van der Waals surface area contributed by atoms with Crippen LogP contribution < -0.4 is 15.8 Å². The van der Waals surface area contributed by atoms with Crippen molar-refractivity contribution >= 4 is 44.5 Å². The Morgan fingerprint density at radius 3 is 2.00 bits per heavy atom. The lowest BCUT2D eigenvalue weighted by molar-refractivity contribution is -0.192. The number of carboxylic acid groups (broad SMARTS) is 2. The number of benzene rings is 3. The van der Waals surface area contributed by atoms with E-state index >= 15 is 0 Å². The highest BCUT2D eigenvalue weighted by Crippen LogP contribution is 2.19. The quantitative estimate of drug-likeness (QED) is 0.151. The Hall–Kier alpha value is -5.46. The summed E-state index contributed by atoms with van der Waals surface area (Å²) in [6.07, 6.45) is -6.70. The van der Waals surface area contributed by atoms with E-state index in [9.17, 15) is 36.3 Å². The number of anilines is 1. The highest BCUT2D eigenvalue weighted by molar-refractivity contribution is 7.89. The summed E-state index contributed by atoms with van der Waals surface area (Å²) in [5.41, 5.74) is 6.32. The molecule has 6 N–H and O–H groups in total. The van der Waals surface area contributed by atoms with Crippen LogP contribution in [-0.4, -0.2) is 53.8 Å². The zero-order chi connectivity index (χ0) is 32.5. The molecule has 0 aliphatic rings. The van der Waals surface area contributed by atoms with Crippen molar-refractivity contribution in [2.75, 3.05) is 5.73 Å². The van der Waals surface area contributed by atoms with Crippen molar-refractivity contribution in [3.63, 3.8) is 0 Å². The number of alkyl halides is 3. The number of carbonyl (C=O) groups is 3. The number of fused-ring (bicyclic) bond motifs is 1. The van der Waals surface area contributed by atoms with Crippen LogP contribution >= 0.6 is 0 Å². The molecule has 4 rings (SSSR count). The maximum Gasteiger partial charge on any atom is 0.490 e. The minimum Gasteiger partial charge on any atom is -0.480 e. The first-order valence-corrected chi connectivity index (χ1v) is 13.8. The maximum atomic E-state index is 13.0. The number of pyridine rings is 1. The van der Waals surface area contributed by atoms with Crippen LogP contribution in [0.4, 0.5) is 19.0 Å². The zero-order valence-electron chi connectivity index (χ0n) is 22.3. The molecule has 4 aromatic rings. The number of aliphatic carboxylic acids is 2. The summed E-state index contributed by atoms with van der Waals surface area (Å²) in [5, 5.41) is 21.0. The van der Waals surface area contributed by atoms with Crippen molar-refractivity contribution in [2.45, 2.75) is 17.2 Å². The van der Waals surface area contributed by atoms with E-state index < -0.39 is 46.1 Å². The van der Waals surface area contributed by atoms with E-state index in [1.807, 2.05) is 12.1 Å². The number of nitrogens with zero attached hydrogens (tertiary/aromatic N) is 1. The van der Waals surface area contributed by atoms with Crippen molar-refractivity contribution in [3.05, 3.63) is 102 Å². The van der Waals surface area contributed by atoms with Crippen LogP contribution in [-0.2, 0) is 19.6 Å². The van der Waals surface area contributed by atoms with Gasteiger partial charge in [0.1, 0.15) is 17.7 Å². The molecule has 0 aliphatic heterocycles. The summed E-state index contributed by atoms with van der Waals surface area (Å²) in [6, 6.07) is 24.2. The van der Waals surface area contributed by atoms with E-state index in [0.29, 0.717) is 5.39 Å². The van der Waals surface area contributed by atoms with Crippen LogP contribution in [0, 0.1) is 17.8 Å². The SMILES string of the molecule is Nc1cc2ccccc2c(C#CC(C(=O)O)[C@@H](NC(=O)c2ccccc2)NS(=O)(=O)c2ccccc2)n1.O=C(O)C(F)(F)F. The molecule has 15 heteroatoms. The number of nitrogen functional groups attached to an aromatic ring is 1. The zero-order valence-corrected chi connectivity index (χ0v) is 23.1. The highest BCUT2D eigenvalue weighted by Gasteiger charge is 2.38. The van der Waals surface area contributed by atoms with Gasteiger partial charge in [-0.1, -0.05) is 66.6 Å². The first kappa shape index (κ1) is 33.0. The van der Waals surface area contributed by atoms with Gasteiger partial charge in [0.25, 0.3) is 5.91 Å². The summed E-state index contributed by atoms with van der Waals surface area (Å²) in [5.74, 6) is -1.07. The van der Waals surface area contributed by atoms with E-state index in [2.05, 4.69) is 26.9 Å². The number of amides is 1. The number of nitrogens with one attached hydrogen (secondary N) is 2. The topological polar surface area (TPSA) is 189 Å². The molecule has 1 unspecified atom stereocenters. The van der Waals surface area contributed by atoms with Gasteiger partial charge in [-0.2, -0.15) is 17.9 Å². The molecule has 44 heavy (non-hydrogen) atoms. The summed E-state index contributed by atoms with van der Waals surface area (Å²) in [4.78, 5) is 38.2. The van der Waals surface area contributed by atoms with Gasteiger partial charge in [-0.25, -0.2) is 18.2 Å². The summed E-state index contributed by atoms with van der Waals surface area (Å²) < 4.78 is 60.1. The molecule has 2 atom stereocenters. The third-order valence-corrected chi connectivity index (χ3v) is 7.06. The largest absolute Gasteiger partial charge is 0.490 e. The number of carbonyl (C=O) groups excluding carboxylic acids is 1. The van der Waals surface area contributed by atoms with Crippen LogP contribution in [0.15, 0.2) is 95.9 Å². The summed E-state index contributed by atoms with van der Waals surface area (Å²) in [7, 11) is -4.22. The average molecular weight is 629 g/mol. The van der Waals surface area contributed by atoms with Crippen LogP contribution in [0.2, 0.25) is 0 Å². The number of sulfonamides is 1. The maximum absolute atomic E-state index is 13.0. The third kappa shape index (κ3) is 9.02. The average Bonchev–Trinajstić information content (AvgIpc) is 2.97. The van der Waals surface area contributed by atoms with Crippen LogP contribution in [0.3, 0.4) is 0 Å². The van der Waals surface area contributed by atoms with E-state index in [0.717, 1.165) is 5.39 Å². The van der Waals surface area contributed by atoms with Crippen molar-refractivity contribution in [1.82, 2.24) is 15.0 Å². The lowest BCUT2D eigenvalue weighted by Crippen LogP contribution is -2.53. The van der Waals surface area contributed by atoms with Gasteiger partial charge in [-0.15, -0.1) is 0 Å².